The summed E-state index contributed by atoms with van der Waals surface area (Å²) in [5.41, 5.74) is 21.6. The van der Waals surface area contributed by atoms with Gasteiger partial charge in [-0.25, -0.2) is 0 Å². The molecule has 55 heavy (non-hydrogen) atoms. The van der Waals surface area contributed by atoms with Gasteiger partial charge in [-0.1, -0.05) is 144 Å². The Balaban J connectivity index is 1.13. The zero-order valence-corrected chi connectivity index (χ0v) is 33.3. The zero-order valence-electron chi connectivity index (χ0n) is 33.3. The molecule has 0 amide bonds. The third-order valence-electron chi connectivity index (χ3n) is 13.0. The summed E-state index contributed by atoms with van der Waals surface area (Å²) in [7, 11) is 0. The van der Waals surface area contributed by atoms with Gasteiger partial charge >= 0.3 is 0 Å². The number of hydrogen-bond acceptors (Lipinski definition) is 1. The van der Waals surface area contributed by atoms with Crippen LogP contribution >= 0.6 is 0 Å². The SMILES string of the molecule is Cc1cc(C(C)C(Cc2ccccc2)c2ccccc2)cc2c1-c1cc3c(cc1C2(C)C)-c1c(C)cc(N(c2ccccc2)c2ccccc2)cc1C3(C)C. The molecule has 0 heterocycles. The predicted molar refractivity (Wildman–Crippen MR) is 233 cm³/mol. The summed E-state index contributed by atoms with van der Waals surface area (Å²) >= 11 is 0. The molecular formula is C54H51N. The van der Waals surface area contributed by atoms with Crippen molar-refractivity contribution in [2.24, 2.45) is 0 Å². The van der Waals surface area contributed by atoms with E-state index in [1.807, 2.05) is 0 Å². The van der Waals surface area contributed by atoms with Crippen LogP contribution in [0, 0.1) is 13.8 Å². The molecule has 0 saturated heterocycles. The van der Waals surface area contributed by atoms with E-state index in [0.29, 0.717) is 11.8 Å². The average molecular weight is 714 g/mol. The molecule has 272 valence electrons. The van der Waals surface area contributed by atoms with Crippen molar-refractivity contribution in [3.63, 3.8) is 0 Å². The molecule has 2 aliphatic carbocycles. The first-order valence-electron chi connectivity index (χ1n) is 20.0. The monoisotopic (exact) mass is 713 g/mol. The topological polar surface area (TPSA) is 3.24 Å². The Morgan fingerprint density at radius 3 is 1.44 bits per heavy atom. The molecule has 1 heteroatoms. The third kappa shape index (κ3) is 5.75. The maximum Gasteiger partial charge on any atom is 0.0467 e. The van der Waals surface area contributed by atoms with Crippen molar-refractivity contribution in [3.8, 4) is 22.3 Å². The normalized spacial score (nSPS) is 15.4. The van der Waals surface area contributed by atoms with Crippen LogP contribution in [0.15, 0.2) is 158 Å². The lowest BCUT2D eigenvalue weighted by molar-refractivity contribution is 0.569. The summed E-state index contributed by atoms with van der Waals surface area (Å²) < 4.78 is 0. The van der Waals surface area contributed by atoms with E-state index in [1.54, 1.807) is 0 Å². The minimum absolute atomic E-state index is 0.125. The van der Waals surface area contributed by atoms with Crippen LogP contribution in [0.2, 0.25) is 0 Å². The van der Waals surface area contributed by atoms with Crippen molar-refractivity contribution < 1.29 is 0 Å². The van der Waals surface area contributed by atoms with Crippen molar-refractivity contribution >= 4 is 17.1 Å². The van der Waals surface area contributed by atoms with Gasteiger partial charge in [0, 0.05) is 27.9 Å². The second-order valence-electron chi connectivity index (χ2n) is 17.1. The van der Waals surface area contributed by atoms with Crippen molar-refractivity contribution in [1.29, 1.82) is 0 Å². The number of aryl methyl sites for hydroxylation is 2. The highest BCUT2D eigenvalue weighted by atomic mass is 15.1. The summed E-state index contributed by atoms with van der Waals surface area (Å²) in [5, 5.41) is 0. The van der Waals surface area contributed by atoms with Crippen LogP contribution in [0.5, 0.6) is 0 Å². The molecular weight excluding hydrogens is 663 g/mol. The summed E-state index contributed by atoms with van der Waals surface area (Å²) in [6, 6.07) is 58.8. The summed E-state index contributed by atoms with van der Waals surface area (Å²) in [6.45, 7) is 16.9. The van der Waals surface area contributed by atoms with Gasteiger partial charge in [-0.05, 0) is 153 Å². The molecule has 0 bridgehead atoms. The number of hydrogen-bond donors (Lipinski definition) is 0. The minimum Gasteiger partial charge on any atom is -0.310 e. The van der Waals surface area contributed by atoms with Crippen LogP contribution < -0.4 is 4.90 Å². The first kappa shape index (κ1) is 35.1. The van der Waals surface area contributed by atoms with Gasteiger partial charge in [0.2, 0.25) is 0 Å². The molecule has 2 unspecified atom stereocenters. The van der Waals surface area contributed by atoms with Crippen molar-refractivity contribution in [1.82, 2.24) is 0 Å². The van der Waals surface area contributed by atoms with Gasteiger partial charge in [0.25, 0.3) is 0 Å². The molecule has 2 atom stereocenters. The Labute approximate surface area is 328 Å². The van der Waals surface area contributed by atoms with Crippen molar-refractivity contribution in [2.75, 3.05) is 4.90 Å². The largest absolute Gasteiger partial charge is 0.310 e. The highest BCUT2D eigenvalue weighted by Crippen LogP contribution is 2.58. The molecule has 9 rings (SSSR count). The second kappa shape index (κ2) is 13.3. The Morgan fingerprint density at radius 2 is 0.909 bits per heavy atom. The van der Waals surface area contributed by atoms with E-state index in [0.717, 1.165) is 17.8 Å². The average Bonchev–Trinajstić information content (AvgIpc) is 3.56. The van der Waals surface area contributed by atoms with Crippen LogP contribution in [-0.4, -0.2) is 0 Å². The first-order valence-corrected chi connectivity index (χ1v) is 20.0. The quantitative estimate of drug-likeness (QED) is 0.152. The number of fused-ring (bicyclic) bond motifs is 6. The zero-order chi connectivity index (χ0) is 38.1. The minimum atomic E-state index is -0.158. The summed E-state index contributed by atoms with van der Waals surface area (Å²) in [4.78, 5) is 2.40. The van der Waals surface area contributed by atoms with Crippen LogP contribution in [0.3, 0.4) is 0 Å². The second-order valence-corrected chi connectivity index (χ2v) is 17.1. The number of rotatable bonds is 8. The fourth-order valence-electron chi connectivity index (χ4n) is 10.00. The molecule has 7 aromatic rings. The molecule has 0 N–H and O–H groups in total. The lowest BCUT2D eigenvalue weighted by atomic mass is 9.76. The summed E-state index contributed by atoms with van der Waals surface area (Å²) in [5.74, 6) is 0.728. The highest BCUT2D eigenvalue weighted by Gasteiger charge is 2.43. The van der Waals surface area contributed by atoms with E-state index < -0.39 is 0 Å². The van der Waals surface area contributed by atoms with Crippen LogP contribution in [-0.2, 0) is 17.3 Å². The van der Waals surface area contributed by atoms with Gasteiger partial charge in [0.1, 0.15) is 0 Å². The standard InChI is InChI=1S/C54H51N/c1-35-28-40(37(3)44(39-22-14-9-15-23-39)30-38-20-12-8-13-21-38)31-49-51(35)45-33-48-46(34-47(45)53(49,4)5)52-36(2)29-43(32-50(52)54(48,6)7)55(41-24-16-10-17-25-41)42-26-18-11-19-27-42/h8-29,31-34,37,44H,30H2,1-7H3. The molecule has 0 saturated carbocycles. The van der Waals surface area contributed by atoms with Crippen LogP contribution in [0.25, 0.3) is 22.3 Å². The fourth-order valence-corrected chi connectivity index (χ4v) is 10.00. The van der Waals surface area contributed by atoms with Gasteiger partial charge in [-0.3, -0.25) is 0 Å². The summed E-state index contributed by atoms with van der Waals surface area (Å²) in [6.07, 6.45) is 1.02. The lowest BCUT2D eigenvalue weighted by Gasteiger charge is -2.29. The van der Waals surface area contributed by atoms with Crippen LogP contribution in [0.4, 0.5) is 17.1 Å². The van der Waals surface area contributed by atoms with Crippen molar-refractivity contribution in [3.05, 3.63) is 208 Å². The smallest absolute Gasteiger partial charge is 0.0467 e. The van der Waals surface area contributed by atoms with E-state index >= 15 is 0 Å². The molecule has 7 aromatic carbocycles. The molecule has 0 radical (unpaired) electrons. The molecule has 2 aliphatic rings. The van der Waals surface area contributed by atoms with Gasteiger partial charge in [0.15, 0.2) is 0 Å². The maximum atomic E-state index is 2.57. The van der Waals surface area contributed by atoms with Gasteiger partial charge in [-0.2, -0.15) is 0 Å². The van der Waals surface area contributed by atoms with E-state index in [-0.39, 0.29) is 10.8 Å². The number of para-hydroxylation sites is 2. The molecule has 0 fully saturated rings. The Morgan fingerprint density at radius 1 is 0.455 bits per heavy atom. The van der Waals surface area contributed by atoms with Crippen molar-refractivity contribution in [2.45, 2.75) is 77.6 Å². The van der Waals surface area contributed by atoms with E-state index in [1.165, 1.54) is 78.0 Å². The Hall–Kier alpha value is -5.66. The van der Waals surface area contributed by atoms with Gasteiger partial charge in [0.05, 0.1) is 0 Å². The fraction of sp³-hybridized carbons (Fsp3) is 0.222. The van der Waals surface area contributed by atoms with E-state index in [4.69, 9.17) is 0 Å². The van der Waals surface area contributed by atoms with E-state index in [2.05, 4.69) is 211 Å². The highest BCUT2D eigenvalue weighted by molar-refractivity contribution is 5.93. The van der Waals surface area contributed by atoms with Gasteiger partial charge < -0.3 is 4.90 Å². The first-order chi connectivity index (χ1) is 26.5. The third-order valence-corrected chi connectivity index (χ3v) is 13.0. The van der Waals surface area contributed by atoms with Crippen LogP contribution in [0.1, 0.15) is 96.5 Å². The molecule has 0 spiro atoms. The molecule has 1 nitrogen and oxygen atoms in total. The number of benzene rings is 7. The molecule has 0 aliphatic heterocycles. The predicted octanol–water partition coefficient (Wildman–Crippen LogP) is 14.5. The van der Waals surface area contributed by atoms with E-state index in [9.17, 15) is 0 Å². The Bertz CT molecular complexity index is 2490. The Kier molecular flexibility index (Phi) is 8.46. The number of nitrogens with zero attached hydrogens (tertiary/aromatic N) is 1. The van der Waals surface area contributed by atoms with Gasteiger partial charge in [-0.15, -0.1) is 0 Å². The lowest BCUT2D eigenvalue weighted by Crippen LogP contribution is -2.18. The molecule has 0 aromatic heterocycles. The maximum absolute atomic E-state index is 2.57. The number of anilines is 3.